The summed E-state index contributed by atoms with van der Waals surface area (Å²) in [5.74, 6) is 0.753. The van der Waals surface area contributed by atoms with Gasteiger partial charge in [0, 0.05) is 6.07 Å². The summed E-state index contributed by atoms with van der Waals surface area (Å²) in [6.07, 6.45) is 0. The first-order valence-electron chi connectivity index (χ1n) is 4.22. The molecule has 0 amide bonds. The molecular formula is C7H9ClN4O2S. The van der Waals surface area contributed by atoms with Gasteiger partial charge in [0.1, 0.15) is 11.0 Å². The summed E-state index contributed by atoms with van der Waals surface area (Å²) in [5, 5.41) is 3.15. The number of nitrogens with zero attached hydrogens (tertiary/aromatic N) is 2. The lowest BCUT2D eigenvalue weighted by molar-refractivity contribution is 0.570. The molecule has 8 heteroatoms. The van der Waals surface area contributed by atoms with Gasteiger partial charge in [0.15, 0.2) is 9.84 Å². The maximum absolute atomic E-state index is 10.9. The average Bonchev–Trinajstić information content (AvgIpc) is 1.97. The fourth-order valence-corrected chi connectivity index (χ4v) is 2.85. The van der Waals surface area contributed by atoms with Gasteiger partial charge in [-0.2, -0.15) is 4.98 Å². The van der Waals surface area contributed by atoms with Crippen molar-refractivity contribution in [3.05, 3.63) is 11.2 Å². The van der Waals surface area contributed by atoms with Crippen LogP contribution in [0.1, 0.15) is 0 Å². The van der Waals surface area contributed by atoms with Crippen LogP contribution in [0.15, 0.2) is 6.07 Å². The Labute approximate surface area is 91.8 Å². The third-order valence-corrected chi connectivity index (χ3v) is 3.99. The molecule has 3 N–H and O–H groups in total. The number of rotatable bonds is 2. The first-order valence-corrected chi connectivity index (χ1v) is 6.41. The molecule has 1 saturated heterocycles. The van der Waals surface area contributed by atoms with Gasteiger partial charge in [0.2, 0.25) is 5.95 Å². The summed E-state index contributed by atoms with van der Waals surface area (Å²) in [6, 6.07) is 1.39. The molecule has 1 aromatic rings. The molecule has 0 spiro atoms. The molecule has 2 rings (SSSR count). The second-order valence-corrected chi connectivity index (χ2v) is 5.89. The van der Waals surface area contributed by atoms with Crippen molar-refractivity contribution in [3.8, 4) is 0 Å². The van der Waals surface area contributed by atoms with Crippen molar-refractivity contribution in [1.82, 2.24) is 9.97 Å². The van der Waals surface area contributed by atoms with Crippen LogP contribution in [0.4, 0.5) is 11.8 Å². The second kappa shape index (κ2) is 3.49. The van der Waals surface area contributed by atoms with Crippen LogP contribution in [-0.2, 0) is 9.84 Å². The molecule has 82 valence electrons. The summed E-state index contributed by atoms with van der Waals surface area (Å²) < 4.78 is 21.8. The molecule has 15 heavy (non-hydrogen) atoms. The number of nitrogens with one attached hydrogen (secondary N) is 1. The van der Waals surface area contributed by atoms with Crippen molar-refractivity contribution < 1.29 is 8.42 Å². The minimum absolute atomic E-state index is 0.0622. The van der Waals surface area contributed by atoms with Crippen LogP contribution in [0, 0.1) is 0 Å². The molecule has 1 aliphatic rings. The van der Waals surface area contributed by atoms with Crippen LogP contribution in [0.25, 0.3) is 0 Å². The quantitative estimate of drug-likeness (QED) is 0.711. The smallest absolute Gasteiger partial charge is 0.223 e. The van der Waals surface area contributed by atoms with E-state index in [0.29, 0.717) is 5.82 Å². The van der Waals surface area contributed by atoms with Crippen molar-refractivity contribution in [2.45, 2.75) is 6.04 Å². The van der Waals surface area contributed by atoms with Crippen LogP contribution in [0.2, 0.25) is 5.15 Å². The van der Waals surface area contributed by atoms with E-state index in [1.54, 1.807) is 0 Å². The Balaban J connectivity index is 2.06. The number of nitrogens with two attached hydrogens (primary N) is 1. The highest BCUT2D eigenvalue weighted by Gasteiger charge is 2.33. The average molecular weight is 249 g/mol. The highest BCUT2D eigenvalue weighted by atomic mass is 35.5. The van der Waals surface area contributed by atoms with Crippen LogP contribution in [-0.4, -0.2) is 35.9 Å². The van der Waals surface area contributed by atoms with E-state index in [9.17, 15) is 8.42 Å². The Hall–Kier alpha value is -1.08. The Kier molecular flexibility index (Phi) is 2.43. The molecular weight excluding hydrogens is 240 g/mol. The van der Waals surface area contributed by atoms with Crippen LogP contribution in [0.5, 0.6) is 0 Å². The molecule has 0 radical (unpaired) electrons. The van der Waals surface area contributed by atoms with E-state index in [0.717, 1.165) is 0 Å². The zero-order valence-electron chi connectivity index (χ0n) is 7.64. The minimum atomic E-state index is -2.84. The fourth-order valence-electron chi connectivity index (χ4n) is 1.37. The van der Waals surface area contributed by atoms with Crippen molar-refractivity contribution in [3.63, 3.8) is 0 Å². The summed E-state index contributed by atoms with van der Waals surface area (Å²) in [4.78, 5) is 7.57. The number of nitrogen functional groups attached to an aromatic ring is 1. The predicted octanol–water partition coefficient (Wildman–Crippen LogP) is -0.0789. The number of aromatic nitrogens is 2. The van der Waals surface area contributed by atoms with Crippen molar-refractivity contribution in [2.75, 3.05) is 22.6 Å². The summed E-state index contributed by atoms with van der Waals surface area (Å²) in [7, 11) is -2.84. The second-order valence-electron chi connectivity index (χ2n) is 3.35. The standard InChI is InChI=1S/C7H9ClN4O2S/c8-5-1-6(12-7(9)11-5)10-4-2-15(13,14)3-4/h1,4H,2-3H2,(H3,9,10,11,12). The predicted molar refractivity (Wildman–Crippen MR) is 57.5 cm³/mol. The van der Waals surface area contributed by atoms with E-state index in [1.807, 2.05) is 0 Å². The van der Waals surface area contributed by atoms with Crippen LogP contribution in [0.3, 0.4) is 0 Å². The Morgan fingerprint density at radius 1 is 1.47 bits per heavy atom. The molecule has 6 nitrogen and oxygen atoms in total. The maximum Gasteiger partial charge on any atom is 0.223 e. The highest BCUT2D eigenvalue weighted by molar-refractivity contribution is 7.92. The molecule has 0 saturated carbocycles. The number of hydrogen-bond acceptors (Lipinski definition) is 6. The van der Waals surface area contributed by atoms with E-state index < -0.39 is 9.84 Å². The van der Waals surface area contributed by atoms with E-state index in [2.05, 4.69) is 15.3 Å². The largest absolute Gasteiger partial charge is 0.368 e. The first kappa shape index (κ1) is 10.4. The lowest BCUT2D eigenvalue weighted by atomic mass is 10.3. The van der Waals surface area contributed by atoms with E-state index in [-0.39, 0.29) is 28.6 Å². The third kappa shape index (κ3) is 2.48. The van der Waals surface area contributed by atoms with Crippen molar-refractivity contribution in [1.29, 1.82) is 0 Å². The molecule has 1 aromatic heterocycles. The number of hydrogen-bond donors (Lipinski definition) is 2. The zero-order valence-corrected chi connectivity index (χ0v) is 9.22. The van der Waals surface area contributed by atoms with E-state index in [1.165, 1.54) is 6.07 Å². The van der Waals surface area contributed by atoms with E-state index in [4.69, 9.17) is 17.3 Å². The molecule has 1 fully saturated rings. The number of anilines is 2. The van der Waals surface area contributed by atoms with E-state index >= 15 is 0 Å². The molecule has 0 aromatic carbocycles. The minimum Gasteiger partial charge on any atom is -0.368 e. The topological polar surface area (TPSA) is 98.0 Å². The van der Waals surface area contributed by atoms with Gasteiger partial charge in [-0.15, -0.1) is 0 Å². The molecule has 0 aliphatic carbocycles. The Morgan fingerprint density at radius 2 is 2.13 bits per heavy atom. The first-order chi connectivity index (χ1) is 6.94. The lowest BCUT2D eigenvalue weighted by Gasteiger charge is -2.26. The molecule has 1 aliphatic heterocycles. The summed E-state index contributed by atoms with van der Waals surface area (Å²) in [6.45, 7) is 0. The fraction of sp³-hybridized carbons (Fsp3) is 0.429. The van der Waals surface area contributed by atoms with Gasteiger partial charge in [-0.3, -0.25) is 0 Å². The van der Waals surface area contributed by atoms with Gasteiger partial charge in [-0.25, -0.2) is 13.4 Å². The monoisotopic (exact) mass is 248 g/mol. The van der Waals surface area contributed by atoms with Gasteiger partial charge in [0.25, 0.3) is 0 Å². The Morgan fingerprint density at radius 3 is 2.67 bits per heavy atom. The molecule has 2 heterocycles. The molecule has 0 atom stereocenters. The maximum atomic E-state index is 10.9. The third-order valence-electron chi connectivity index (χ3n) is 1.97. The van der Waals surface area contributed by atoms with Crippen molar-refractivity contribution >= 4 is 33.2 Å². The molecule has 0 bridgehead atoms. The normalized spacial score (nSPS) is 19.5. The highest BCUT2D eigenvalue weighted by Crippen LogP contribution is 2.18. The van der Waals surface area contributed by atoms with Crippen molar-refractivity contribution in [2.24, 2.45) is 0 Å². The summed E-state index contributed by atoms with van der Waals surface area (Å²) in [5.41, 5.74) is 5.38. The van der Waals surface area contributed by atoms with Gasteiger partial charge < -0.3 is 11.1 Å². The zero-order chi connectivity index (χ0) is 11.1. The van der Waals surface area contributed by atoms with Gasteiger partial charge >= 0.3 is 0 Å². The SMILES string of the molecule is Nc1nc(Cl)cc(NC2CS(=O)(=O)C2)n1. The number of halogens is 1. The van der Waals surface area contributed by atoms with Gasteiger partial charge in [-0.05, 0) is 0 Å². The van der Waals surface area contributed by atoms with Gasteiger partial charge in [-0.1, -0.05) is 11.6 Å². The van der Waals surface area contributed by atoms with Crippen LogP contribution < -0.4 is 11.1 Å². The lowest BCUT2D eigenvalue weighted by Crippen LogP contribution is -2.46. The number of sulfone groups is 1. The van der Waals surface area contributed by atoms with Crippen LogP contribution >= 0.6 is 11.6 Å². The Bertz CT molecular complexity index is 458. The summed E-state index contributed by atoms with van der Waals surface area (Å²) >= 11 is 5.66. The van der Waals surface area contributed by atoms with Gasteiger partial charge in [0.05, 0.1) is 17.5 Å². The molecule has 0 unspecified atom stereocenters.